The molecule has 1 saturated heterocycles. The van der Waals surface area contributed by atoms with E-state index in [1.807, 2.05) is 0 Å². The molecule has 0 aliphatic carbocycles. The number of piperidine rings is 1. The van der Waals surface area contributed by atoms with Crippen molar-refractivity contribution in [3.05, 3.63) is 18.5 Å². The summed E-state index contributed by atoms with van der Waals surface area (Å²) >= 11 is 0. The van der Waals surface area contributed by atoms with Crippen molar-refractivity contribution < 1.29 is 4.79 Å². The second kappa shape index (κ2) is 7.36. The maximum atomic E-state index is 12.1. The van der Waals surface area contributed by atoms with Crippen LogP contribution in [0.3, 0.4) is 0 Å². The normalized spacial score (nSPS) is 20.4. The zero-order valence-corrected chi connectivity index (χ0v) is 12.8. The molecule has 21 heavy (non-hydrogen) atoms. The number of carbonyl (C=O) groups is 1. The number of rotatable bonds is 5. The largest absolute Gasteiger partial charge is 0.350 e. The molecule has 2 heterocycles. The van der Waals surface area contributed by atoms with E-state index in [4.69, 9.17) is 5.73 Å². The van der Waals surface area contributed by atoms with Gasteiger partial charge < -0.3 is 16.0 Å². The van der Waals surface area contributed by atoms with E-state index < -0.39 is 6.04 Å². The summed E-state index contributed by atoms with van der Waals surface area (Å²) in [7, 11) is 0. The SMILES string of the molecule is CC(C)C[C@H](N)C(=O)NC1CCCN(c2ncccn2)C1. The summed E-state index contributed by atoms with van der Waals surface area (Å²) < 4.78 is 0. The maximum absolute atomic E-state index is 12.1. The Kier molecular flexibility index (Phi) is 5.50. The summed E-state index contributed by atoms with van der Waals surface area (Å²) in [6.07, 6.45) is 6.18. The Hall–Kier alpha value is -1.69. The van der Waals surface area contributed by atoms with Gasteiger partial charge in [-0.2, -0.15) is 0 Å². The Balaban J connectivity index is 1.88. The van der Waals surface area contributed by atoms with Gasteiger partial charge in [0.1, 0.15) is 0 Å². The minimum absolute atomic E-state index is 0.0514. The lowest BCUT2D eigenvalue weighted by atomic mass is 10.0. The fraction of sp³-hybridized carbons (Fsp3) is 0.667. The molecule has 1 amide bonds. The topological polar surface area (TPSA) is 84.1 Å². The van der Waals surface area contributed by atoms with E-state index in [1.165, 1.54) is 0 Å². The van der Waals surface area contributed by atoms with Crippen LogP contribution in [0.25, 0.3) is 0 Å². The van der Waals surface area contributed by atoms with E-state index in [0.717, 1.165) is 31.9 Å². The number of nitrogens with zero attached hydrogens (tertiary/aromatic N) is 3. The summed E-state index contributed by atoms with van der Waals surface area (Å²) in [4.78, 5) is 22.8. The first-order chi connectivity index (χ1) is 10.1. The van der Waals surface area contributed by atoms with Gasteiger partial charge in [-0.1, -0.05) is 13.8 Å². The first kappa shape index (κ1) is 15.7. The Bertz CT molecular complexity index is 451. The maximum Gasteiger partial charge on any atom is 0.237 e. The number of nitrogens with two attached hydrogens (primary N) is 1. The lowest BCUT2D eigenvalue weighted by Gasteiger charge is -2.33. The highest BCUT2D eigenvalue weighted by atomic mass is 16.2. The van der Waals surface area contributed by atoms with Crippen LogP contribution in [0, 0.1) is 5.92 Å². The average Bonchev–Trinajstić information content (AvgIpc) is 2.47. The molecule has 6 heteroatoms. The number of carbonyl (C=O) groups excluding carboxylic acids is 1. The van der Waals surface area contributed by atoms with E-state index in [2.05, 4.69) is 34.0 Å². The number of aromatic nitrogens is 2. The van der Waals surface area contributed by atoms with Crippen LogP contribution in [0.1, 0.15) is 33.1 Å². The standard InChI is InChI=1S/C15H25N5O/c1-11(2)9-13(16)14(21)19-12-5-3-8-20(10-12)15-17-6-4-7-18-15/h4,6-7,11-13H,3,5,8-10,16H2,1-2H3,(H,19,21)/t12?,13-/m0/s1. The quantitative estimate of drug-likeness (QED) is 0.843. The Labute approximate surface area is 126 Å². The monoisotopic (exact) mass is 291 g/mol. The van der Waals surface area contributed by atoms with Gasteiger partial charge in [0.25, 0.3) is 0 Å². The molecule has 3 N–H and O–H groups in total. The third-order valence-electron chi connectivity index (χ3n) is 3.66. The molecule has 0 bridgehead atoms. The summed E-state index contributed by atoms with van der Waals surface area (Å²) in [6.45, 7) is 5.81. The van der Waals surface area contributed by atoms with Crippen LogP contribution in [0.2, 0.25) is 0 Å². The highest BCUT2D eigenvalue weighted by Gasteiger charge is 2.25. The number of anilines is 1. The van der Waals surface area contributed by atoms with Crippen molar-refractivity contribution in [2.75, 3.05) is 18.0 Å². The van der Waals surface area contributed by atoms with Crippen molar-refractivity contribution in [2.24, 2.45) is 11.7 Å². The molecular weight excluding hydrogens is 266 g/mol. The molecule has 0 radical (unpaired) electrons. The lowest BCUT2D eigenvalue weighted by molar-refractivity contribution is -0.123. The first-order valence-corrected chi connectivity index (χ1v) is 7.64. The zero-order valence-electron chi connectivity index (χ0n) is 12.8. The minimum atomic E-state index is -0.423. The van der Waals surface area contributed by atoms with Crippen LogP contribution in [0.5, 0.6) is 0 Å². The van der Waals surface area contributed by atoms with Crippen molar-refractivity contribution in [1.82, 2.24) is 15.3 Å². The number of nitrogens with one attached hydrogen (secondary N) is 1. The molecule has 1 aromatic rings. The number of amides is 1. The molecular formula is C15H25N5O. The third kappa shape index (κ3) is 4.67. The summed E-state index contributed by atoms with van der Waals surface area (Å²) in [5.41, 5.74) is 5.93. The number of hydrogen-bond acceptors (Lipinski definition) is 5. The van der Waals surface area contributed by atoms with Gasteiger partial charge in [0, 0.05) is 31.5 Å². The molecule has 116 valence electrons. The van der Waals surface area contributed by atoms with Crippen LogP contribution in [-0.4, -0.2) is 41.0 Å². The van der Waals surface area contributed by atoms with Crippen LogP contribution in [0.4, 0.5) is 5.95 Å². The van der Waals surface area contributed by atoms with Crippen molar-refractivity contribution in [3.8, 4) is 0 Å². The van der Waals surface area contributed by atoms with Crippen LogP contribution >= 0.6 is 0 Å². The van der Waals surface area contributed by atoms with Gasteiger partial charge in [-0.3, -0.25) is 4.79 Å². The van der Waals surface area contributed by atoms with Gasteiger partial charge in [0.05, 0.1) is 6.04 Å². The molecule has 6 nitrogen and oxygen atoms in total. The van der Waals surface area contributed by atoms with Gasteiger partial charge in [0.15, 0.2) is 0 Å². The van der Waals surface area contributed by atoms with Crippen LogP contribution in [-0.2, 0) is 4.79 Å². The molecule has 0 saturated carbocycles. The summed E-state index contributed by atoms with van der Waals surface area (Å²) in [5, 5.41) is 3.06. The molecule has 1 aliphatic rings. The Morgan fingerprint density at radius 3 is 2.86 bits per heavy atom. The highest BCUT2D eigenvalue weighted by Crippen LogP contribution is 2.15. The van der Waals surface area contributed by atoms with Crippen molar-refractivity contribution >= 4 is 11.9 Å². The molecule has 1 unspecified atom stereocenters. The van der Waals surface area contributed by atoms with E-state index >= 15 is 0 Å². The van der Waals surface area contributed by atoms with E-state index in [-0.39, 0.29) is 11.9 Å². The molecule has 0 aromatic carbocycles. The Morgan fingerprint density at radius 2 is 2.19 bits per heavy atom. The minimum Gasteiger partial charge on any atom is -0.350 e. The first-order valence-electron chi connectivity index (χ1n) is 7.64. The smallest absolute Gasteiger partial charge is 0.237 e. The van der Waals surface area contributed by atoms with E-state index in [0.29, 0.717) is 12.3 Å². The van der Waals surface area contributed by atoms with Crippen molar-refractivity contribution in [3.63, 3.8) is 0 Å². The fourth-order valence-electron chi connectivity index (χ4n) is 2.65. The molecule has 1 aliphatic heterocycles. The van der Waals surface area contributed by atoms with Gasteiger partial charge in [-0.15, -0.1) is 0 Å². The predicted molar refractivity (Wildman–Crippen MR) is 82.8 cm³/mol. The fourth-order valence-corrected chi connectivity index (χ4v) is 2.65. The summed E-state index contributed by atoms with van der Waals surface area (Å²) in [6, 6.07) is 1.50. The van der Waals surface area contributed by atoms with Gasteiger partial charge >= 0.3 is 0 Å². The van der Waals surface area contributed by atoms with Gasteiger partial charge in [0.2, 0.25) is 11.9 Å². The second-order valence-electron chi connectivity index (χ2n) is 6.08. The van der Waals surface area contributed by atoms with Crippen LogP contribution < -0.4 is 16.0 Å². The molecule has 2 rings (SSSR count). The van der Waals surface area contributed by atoms with Gasteiger partial charge in [-0.25, -0.2) is 9.97 Å². The zero-order chi connectivity index (χ0) is 15.2. The van der Waals surface area contributed by atoms with E-state index in [9.17, 15) is 4.79 Å². The van der Waals surface area contributed by atoms with Crippen LogP contribution in [0.15, 0.2) is 18.5 Å². The molecule has 2 atom stereocenters. The van der Waals surface area contributed by atoms with E-state index in [1.54, 1.807) is 18.5 Å². The molecule has 1 fully saturated rings. The predicted octanol–water partition coefficient (Wildman–Crippen LogP) is 0.935. The Morgan fingerprint density at radius 1 is 1.48 bits per heavy atom. The van der Waals surface area contributed by atoms with Gasteiger partial charge in [-0.05, 0) is 31.2 Å². The second-order valence-corrected chi connectivity index (χ2v) is 6.08. The van der Waals surface area contributed by atoms with Crippen molar-refractivity contribution in [1.29, 1.82) is 0 Å². The third-order valence-corrected chi connectivity index (χ3v) is 3.66. The average molecular weight is 291 g/mol. The lowest BCUT2D eigenvalue weighted by Crippen LogP contribution is -2.52. The highest BCUT2D eigenvalue weighted by molar-refractivity contribution is 5.81. The van der Waals surface area contributed by atoms with Crippen molar-refractivity contribution in [2.45, 2.75) is 45.2 Å². The number of hydrogen-bond donors (Lipinski definition) is 2. The molecule has 1 aromatic heterocycles. The molecule has 0 spiro atoms. The summed E-state index contributed by atoms with van der Waals surface area (Å²) in [5.74, 6) is 1.10.